The highest BCUT2D eigenvalue weighted by Crippen LogP contribution is 2.31. The van der Waals surface area contributed by atoms with Crippen LogP contribution in [0.15, 0.2) is 24.3 Å². The van der Waals surface area contributed by atoms with Crippen LogP contribution in [0.25, 0.3) is 0 Å². The van der Waals surface area contributed by atoms with Gasteiger partial charge in [0, 0.05) is 5.56 Å². The van der Waals surface area contributed by atoms with E-state index in [9.17, 15) is 0 Å². The second-order valence-corrected chi connectivity index (χ2v) is 8.04. The molecular formula is C20H36N+. The molecule has 0 aliphatic carbocycles. The Morgan fingerprint density at radius 1 is 0.952 bits per heavy atom. The van der Waals surface area contributed by atoms with Crippen molar-refractivity contribution in [2.24, 2.45) is 11.8 Å². The molecule has 0 spiro atoms. The summed E-state index contributed by atoms with van der Waals surface area (Å²) in [6.07, 6.45) is 2.53. The van der Waals surface area contributed by atoms with E-state index >= 15 is 0 Å². The van der Waals surface area contributed by atoms with Gasteiger partial charge in [0.15, 0.2) is 0 Å². The van der Waals surface area contributed by atoms with Gasteiger partial charge in [-0.3, -0.25) is 0 Å². The monoisotopic (exact) mass is 290 g/mol. The number of hydrogen-bond acceptors (Lipinski definition) is 0. The van der Waals surface area contributed by atoms with Gasteiger partial charge in [-0.1, -0.05) is 58.9 Å². The lowest BCUT2D eigenvalue weighted by Crippen LogP contribution is -2.39. The molecule has 0 aromatic heterocycles. The van der Waals surface area contributed by atoms with Crippen LogP contribution in [-0.4, -0.2) is 25.1 Å². The normalized spacial score (nSPS) is 14.0. The number of nitrogens with zero attached hydrogens (tertiary/aromatic N) is 1. The highest BCUT2D eigenvalue weighted by molar-refractivity contribution is 5.25. The van der Waals surface area contributed by atoms with Gasteiger partial charge in [-0.2, -0.15) is 0 Å². The molecule has 0 aliphatic heterocycles. The summed E-state index contributed by atoms with van der Waals surface area (Å²) in [7, 11) is 4.65. The van der Waals surface area contributed by atoms with Crippen LogP contribution < -0.4 is 0 Å². The van der Waals surface area contributed by atoms with E-state index in [2.05, 4.69) is 73.0 Å². The van der Waals surface area contributed by atoms with Crippen LogP contribution in [0.2, 0.25) is 0 Å². The summed E-state index contributed by atoms with van der Waals surface area (Å²) in [6.45, 7) is 14.0. The lowest BCUT2D eigenvalue weighted by atomic mass is 9.82. The molecule has 1 unspecified atom stereocenters. The van der Waals surface area contributed by atoms with Gasteiger partial charge in [-0.25, -0.2) is 0 Å². The number of quaternary nitrogens is 1. The molecule has 1 rings (SSSR count). The Hall–Kier alpha value is -0.820. The summed E-state index contributed by atoms with van der Waals surface area (Å²) in [6, 6.07) is 9.43. The predicted molar refractivity (Wildman–Crippen MR) is 94.4 cm³/mol. The fraction of sp³-hybridized carbons (Fsp3) is 0.700. The average molecular weight is 291 g/mol. The quantitative estimate of drug-likeness (QED) is 0.558. The third-order valence-corrected chi connectivity index (χ3v) is 4.38. The van der Waals surface area contributed by atoms with Gasteiger partial charge in [0.1, 0.15) is 6.54 Å². The van der Waals surface area contributed by atoms with Crippen molar-refractivity contribution in [2.75, 3.05) is 20.6 Å². The van der Waals surface area contributed by atoms with E-state index in [-0.39, 0.29) is 0 Å². The summed E-state index contributed by atoms with van der Waals surface area (Å²) in [4.78, 5) is 0. The maximum Gasteiger partial charge on any atom is 0.104 e. The molecular weight excluding hydrogens is 254 g/mol. The van der Waals surface area contributed by atoms with Crippen molar-refractivity contribution in [3.8, 4) is 0 Å². The topological polar surface area (TPSA) is 0 Å². The van der Waals surface area contributed by atoms with Gasteiger partial charge in [0.05, 0.1) is 20.6 Å². The molecule has 0 aliphatic rings. The summed E-state index contributed by atoms with van der Waals surface area (Å²) in [5, 5.41) is 0. The average Bonchev–Trinajstić information content (AvgIpc) is 2.36. The predicted octanol–water partition coefficient (Wildman–Crippen LogP) is 5.46. The molecule has 1 heteroatoms. The van der Waals surface area contributed by atoms with Gasteiger partial charge in [-0.15, -0.1) is 0 Å². The van der Waals surface area contributed by atoms with E-state index in [0.29, 0.717) is 11.8 Å². The van der Waals surface area contributed by atoms with Crippen LogP contribution in [0.1, 0.15) is 64.5 Å². The summed E-state index contributed by atoms with van der Waals surface area (Å²) < 4.78 is 1.08. The van der Waals surface area contributed by atoms with E-state index in [0.717, 1.165) is 16.9 Å². The van der Waals surface area contributed by atoms with Crippen molar-refractivity contribution >= 4 is 0 Å². The van der Waals surface area contributed by atoms with Gasteiger partial charge in [-0.05, 0) is 36.2 Å². The first-order valence-electron chi connectivity index (χ1n) is 8.66. The maximum atomic E-state index is 2.37. The van der Waals surface area contributed by atoms with E-state index in [1.807, 2.05) is 0 Å². The fourth-order valence-corrected chi connectivity index (χ4v) is 3.35. The van der Waals surface area contributed by atoms with Gasteiger partial charge in [0.25, 0.3) is 0 Å². The first-order chi connectivity index (χ1) is 9.75. The Morgan fingerprint density at radius 3 is 1.95 bits per heavy atom. The number of rotatable bonds is 8. The minimum atomic E-state index is 0.692. The molecule has 0 amide bonds. The largest absolute Gasteiger partial charge is 0.325 e. The smallest absolute Gasteiger partial charge is 0.104 e. The standard InChI is InChI=1S/C20H36N/c1-8-13-21(6,7)15-18-9-11-19(12-10-18)20(17(4)5)14-16(2)3/h9-12,16-17,20H,8,13-15H2,1-7H3/q+1. The fourth-order valence-electron chi connectivity index (χ4n) is 3.35. The van der Waals surface area contributed by atoms with Gasteiger partial charge in [0.2, 0.25) is 0 Å². The molecule has 0 saturated heterocycles. The van der Waals surface area contributed by atoms with Crippen LogP contribution >= 0.6 is 0 Å². The van der Waals surface area contributed by atoms with Gasteiger partial charge < -0.3 is 4.48 Å². The van der Waals surface area contributed by atoms with Crippen LogP contribution in [-0.2, 0) is 6.54 Å². The Kier molecular flexibility index (Phi) is 6.93. The number of benzene rings is 1. The van der Waals surface area contributed by atoms with Gasteiger partial charge >= 0.3 is 0 Å². The molecule has 120 valence electrons. The summed E-state index contributed by atoms with van der Waals surface area (Å²) in [5.74, 6) is 2.17. The van der Waals surface area contributed by atoms with Crippen LogP contribution in [0.5, 0.6) is 0 Å². The highest BCUT2D eigenvalue weighted by Gasteiger charge is 2.18. The SMILES string of the molecule is CCC[N+](C)(C)Cc1ccc(C(CC(C)C)C(C)C)cc1. The van der Waals surface area contributed by atoms with Crippen molar-refractivity contribution in [3.05, 3.63) is 35.4 Å². The van der Waals surface area contributed by atoms with Crippen molar-refractivity contribution in [3.63, 3.8) is 0 Å². The molecule has 0 bridgehead atoms. The van der Waals surface area contributed by atoms with E-state index in [4.69, 9.17) is 0 Å². The van der Waals surface area contributed by atoms with E-state index < -0.39 is 0 Å². The molecule has 1 nitrogen and oxygen atoms in total. The lowest BCUT2D eigenvalue weighted by Gasteiger charge is -2.30. The second-order valence-electron chi connectivity index (χ2n) is 8.04. The molecule has 0 heterocycles. The van der Waals surface area contributed by atoms with Crippen molar-refractivity contribution in [2.45, 2.75) is 59.9 Å². The zero-order valence-electron chi connectivity index (χ0n) is 15.3. The molecule has 0 fully saturated rings. The minimum absolute atomic E-state index is 0.692. The van der Waals surface area contributed by atoms with Crippen molar-refractivity contribution in [1.29, 1.82) is 0 Å². The Bertz CT molecular complexity index is 400. The first kappa shape index (κ1) is 18.2. The molecule has 1 atom stereocenters. The third-order valence-electron chi connectivity index (χ3n) is 4.38. The zero-order chi connectivity index (χ0) is 16.0. The maximum absolute atomic E-state index is 2.37. The summed E-state index contributed by atoms with van der Waals surface area (Å²) >= 11 is 0. The second kappa shape index (κ2) is 7.98. The van der Waals surface area contributed by atoms with Crippen LogP contribution in [0, 0.1) is 11.8 Å². The van der Waals surface area contributed by atoms with E-state index in [1.54, 1.807) is 0 Å². The highest BCUT2D eigenvalue weighted by atomic mass is 15.3. The Balaban J connectivity index is 2.80. The Labute approximate surface area is 133 Å². The molecule has 0 N–H and O–H groups in total. The van der Waals surface area contributed by atoms with Crippen LogP contribution in [0.4, 0.5) is 0 Å². The van der Waals surface area contributed by atoms with Crippen molar-refractivity contribution in [1.82, 2.24) is 0 Å². The molecule has 1 aromatic carbocycles. The van der Waals surface area contributed by atoms with E-state index in [1.165, 1.54) is 30.5 Å². The molecule has 21 heavy (non-hydrogen) atoms. The van der Waals surface area contributed by atoms with Crippen molar-refractivity contribution < 1.29 is 4.48 Å². The number of hydrogen-bond donors (Lipinski definition) is 0. The van der Waals surface area contributed by atoms with Crippen LogP contribution in [0.3, 0.4) is 0 Å². The molecule has 0 saturated carbocycles. The summed E-state index contributed by atoms with van der Waals surface area (Å²) in [5.41, 5.74) is 2.98. The molecule has 1 aromatic rings. The lowest BCUT2D eigenvalue weighted by molar-refractivity contribution is -0.903. The Morgan fingerprint density at radius 2 is 1.52 bits per heavy atom. The first-order valence-corrected chi connectivity index (χ1v) is 8.66. The minimum Gasteiger partial charge on any atom is -0.325 e. The third kappa shape index (κ3) is 6.22. The zero-order valence-corrected chi connectivity index (χ0v) is 15.3. The molecule has 0 radical (unpaired) electrons.